The third-order valence-electron chi connectivity index (χ3n) is 2.91. The molecule has 1 saturated heterocycles. The van der Waals surface area contributed by atoms with Crippen molar-refractivity contribution in [2.75, 3.05) is 32.3 Å². The first-order valence-electron chi connectivity index (χ1n) is 5.85. The van der Waals surface area contributed by atoms with Crippen molar-refractivity contribution in [2.45, 2.75) is 12.2 Å². The summed E-state index contributed by atoms with van der Waals surface area (Å²) in [4.78, 5) is 0. The maximum absolute atomic E-state index is 10.3. The van der Waals surface area contributed by atoms with Crippen molar-refractivity contribution in [1.29, 1.82) is 0 Å². The lowest BCUT2D eigenvalue weighted by Gasteiger charge is -2.27. The van der Waals surface area contributed by atoms with E-state index in [1.807, 2.05) is 12.1 Å². The highest BCUT2D eigenvalue weighted by molar-refractivity contribution is 7.99. The van der Waals surface area contributed by atoms with E-state index in [0.717, 1.165) is 17.1 Å². The average Bonchev–Trinajstić information content (AvgIpc) is 2.46. The summed E-state index contributed by atoms with van der Waals surface area (Å²) >= 11 is 1.80. The molecule has 100 valence electrons. The molecule has 0 aliphatic carbocycles. The molecule has 2 atom stereocenters. The van der Waals surface area contributed by atoms with Crippen molar-refractivity contribution < 1.29 is 19.3 Å². The molecule has 5 heteroatoms. The first-order valence-corrected chi connectivity index (χ1v) is 7.00. The fourth-order valence-corrected chi connectivity index (χ4v) is 2.79. The third-order valence-corrected chi connectivity index (χ3v) is 3.93. The van der Waals surface area contributed by atoms with Gasteiger partial charge in [-0.3, -0.25) is 0 Å². The van der Waals surface area contributed by atoms with Gasteiger partial charge in [0, 0.05) is 17.6 Å². The summed E-state index contributed by atoms with van der Waals surface area (Å²) in [5, 5.41) is 10.3. The van der Waals surface area contributed by atoms with E-state index in [2.05, 4.69) is 0 Å². The third kappa shape index (κ3) is 3.10. The van der Waals surface area contributed by atoms with Crippen LogP contribution in [0.2, 0.25) is 0 Å². The molecule has 1 aliphatic heterocycles. The van der Waals surface area contributed by atoms with E-state index in [-0.39, 0.29) is 6.10 Å². The van der Waals surface area contributed by atoms with Gasteiger partial charge in [0.1, 0.15) is 17.6 Å². The van der Waals surface area contributed by atoms with E-state index in [9.17, 15) is 5.11 Å². The van der Waals surface area contributed by atoms with Crippen molar-refractivity contribution >= 4 is 11.8 Å². The molecule has 2 unspecified atom stereocenters. The van der Waals surface area contributed by atoms with Crippen LogP contribution in [0.1, 0.15) is 11.7 Å². The smallest absolute Gasteiger partial charge is 0.122 e. The minimum atomic E-state index is -0.651. The molecule has 1 N–H and O–H groups in total. The molecule has 4 nitrogen and oxygen atoms in total. The first-order chi connectivity index (χ1) is 8.74. The number of rotatable bonds is 4. The van der Waals surface area contributed by atoms with Crippen LogP contribution in [0.4, 0.5) is 0 Å². The highest BCUT2D eigenvalue weighted by Gasteiger charge is 2.25. The average molecular weight is 270 g/mol. The van der Waals surface area contributed by atoms with Crippen LogP contribution >= 0.6 is 11.8 Å². The molecule has 0 spiro atoms. The summed E-state index contributed by atoms with van der Waals surface area (Å²) in [5.74, 6) is 3.14. The van der Waals surface area contributed by atoms with Gasteiger partial charge in [-0.15, -0.1) is 0 Å². The topological polar surface area (TPSA) is 47.9 Å². The second kappa shape index (κ2) is 6.31. The molecule has 1 aromatic carbocycles. The summed E-state index contributed by atoms with van der Waals surface area (Å²) in [6.07, 6.45) is -0.817. The Bertz CT molecular complexity index is 368. The van der Waals surface area contributed by atoms with Crippen LogP contribution in [0.25, 0.3) is 0 Å². The van der Waals surface area contributed by atoms with E-state index >= 15 is 0 Å². The van der Waals surface area contributed by atoms with Gasteiger partial charge in [0.05, 0.1) is 26.9 Å². The molecule has 2 rings (SSSR count). The van der Waals surface area contributed by atoms with Crippen LogP contribution in [0.3, 0.4) is 0 Å². The minimum Gasteiger partial charge on any atom is -0.497 e. The van der Waals surface area contributed by atoms with Gasteiger partial charge in [-0.05, 0) is 17.7 Å². The second-order valence-electron chi connectivity index (χ2n) is 4.07. The van der Waals surface area contributed by atoms with E-state index in [1.165, 1.54) is 0 Å². The van der Waals surface area contributed by atoms with E-state index in [0.29, 0.717) is 18.1 Å². The van der Waals surface area contributed by atoms with Crippen LogP contribution < -0.4 is 9.47 Å². The highest BCUT2D eigenvalue weighted by Crippen LogP contribution is 2.31. The zero-order chi connectivity index (χ0) is 13.0. The lowest BCUT2D eigenvalue weighted by Crippen LogP contribution is -2.29. The fourth-order valence-electron chi connectivity index (χ4n) is 1.90. The molecule has 0 saturated carbocycles. The Morgan fingerprint density at radius 3 is 2.44 bits per heavy atom. The molecule has 1 heterocycles. The fraction of sp³-hybridized carbons (Fsp3) is 0.538. The molecule has 0 bridgehead atoms. The van der Waals surface area contributed by atoms with Gasteiger partial charge in [0.25, 0.3) is 0 Å². The molecular formula is C13H18O4S. The Morgan fingerprint density at radius 1 is 1.28 bits per heavy atom. The zero-order valence-electron chi connectivity index (χ0n) is 10.6. The largest absolute Gasteiger partial charge is 0.497 e. The van der Waals surface area contributed by atoms with Crippen LogP contribution in [0, 0.1) is 0 Å². The van der Waals surface area contributed by atoms with Gasteiger partial charge in [0.15, 0.2) is 0 Å². The minimum absolute atomic E-state index is 0.166. The normalized spacial score (nSPS) is 21.4. The Hall–Kier alpha value is -0.910. The van der Waals surface area contributed by atoms with Crippen LogP contribution in [0.15, 0.2) is 18.2 Å². The highest BCUT2D eigenvalue weighted by atomic mass is 32.2. The van der Waals surface area contributed by atoms with Gasteiger partial charge in [-0.25, -0.2) is 0 Å². The summed E-state index contributed by atoms with van der Waals surface area (Å²) < 4.78 is 16.0. The van der Waals surface area contributed by atoms with Crippen molar-refractivity contribution in [3.8, 4) is 11.5 Å². The molecule has 1 fully saturated rings. The van der Waals surface area contributed by atoms with Crippen molar-refractivity contribution in [2.24, 2.45) is 0 Å². The predicted molar refractivity (Wildman–Crippen MR) is 71.6 cm³/mol. The Balaban J connectivity index is 2.19. The SMILES string of the molecule is COc1cc(OC)cc(C(O)C2CSCCO2)c1. The first kappa shape index (κ1) is 13.5. The molecule has 1 aromatic rings. The van der Waals surface area contributed by atoms with E-state index < -0.39 is 6.10 Å². The molecule has 18 heavy (non-hydrogen) atoms. The van der Waals surface area contributed by atoms with Gasteiger partial charge in [-0.2, -0.15) is 11.8 Å². The number of hydrogen-bond acceptors (Lipinski definition) is 5. The maximum atomic E-state index is 10.3. The van der Waals surface area contributed by atoms with Crippen LogP contribution in [-0.4, -0.2) is 43.5 Å². The summed E-state index contributed by atoms with van der Waals surface area (Å²) in [6.45, 7) is 0.688. The number of thioether (sulfide) groups is 1. The van der Waals surface area contributed by atoms with Crippen molar-refractivity contribution in [3.05, 3.63) is 23.8 Å². The standard InChI is InChI=1S/C13H18O4S/c1-15-10-5-9(6-11(7-10)16-2)13(14)12-8-18-4-3-17-12/h5-7,12-14H,3-4,8H2,1-2H3. The van der Waals surface area contributed by atoms with Crippen LogP contribution in [-0.2, 0) is 4.74 Å². The summed E-state index contributed by atoms with van der Waals surface area (Å²) in [7, 11) is 3.19. The second-order valence-corrected chi connectivity index (χ2v) is 5.22. The maximum Gasteiger partial charge on any atom is 0.122 e. The number of ether oxygens (including phenoxy) is 3. The number of methoxy groups -OCH3 is 2. The monoisotopic (exact) mass is 270 g/mol. The number of benzene rings is 1. The van der Waals surface area contributed by atoms with Crippen LogP contribution in [0.5, 0.6) is 11.5 Å². The molecule has 0 aromatic heterocycles. The molecule has 1 aliphatic rings. The number of aliphatic hydroxyl groups is 1. The van der Waals surface area contributed by atoms with E-state index in [1.54, 1.807) is 32.0 Å². The van der Waals surface area contributed by atoms with Crippen molar-refractivity contribution in [3.63, 3.8) is 0 Å². The Kier molecular flexibility index (Phi) is 4.74. The Morgan fingerprint density at radius 2 is 1.94 bits per heavy atom. The Labute approximate surface area is 111 Å². The summed E-state index contributed by atoms with van der Waals surface area (Å²) in [5.41, 5.74) is 0.763. The quantitative estimate of drug-likeness (QED) is 0.905. The molecule has 0 radical (unpaired) electrons. The van der Waals surface area contributed by atoms with E-state index in [4.69, 9.17) is 14.2 Å². The van der Waals surface area contributed by atoms with Gasteiger partial charge >= 0.3 is 0 Å². The lowest BCUT2D eigenvalue weighted by atomic mass is 10.0. The molecular weight excluding hydrogens is 252 g/mol. The molecule has 0 amide bonds. The summed E-state index contributed by atoms with van der Waals surface area (Å²) in [6, 6.07) is 5.42. The van der Waals surface area contributed by atoms with Gasteiger partial charge in [0.2, 0.25) is 0 Å². The number of hydrogen-bond donors (Lipinski definition) is 1. The zero-order valence-corrected chi connectivity index (χ0v) is 11.4. The van der Waals surface area contributed by atoms with Crippen molar-refractivity contribution in [1.82, 2.24) is 0 Å². The van der Waals surface area contributed by atoms with Gasteiger partial charge in [-0.1, -0.05) is 0 Å². The van der Waals surface area contributed by atoms with Gasteiger partial charge < -0.3 is 19.3 Å². The lowest BCUT2D eigenvalue weighted by molar-refractivity contribution is -0.0228. The number of aliphatic hydroxyl groups excluding tert-OH is 1. The predicted octanol–water partition coefficient (Wildman–Crippen LogP) is 1.87.